The first-order valence-corrected chi connectivity index (χ1v) is 8.16. The number of carbonyl (C=O) groups is 2. The van der Waals surface area contributed by atoms with Crippen molar-refractivity contribution < 1.29 is 9.59 Å². The molecule has 0 aliphatic carbocycles. The summed E-state index contributed by atoms with van der Waals surface area (Å²) >= 11 is 0. The van der Waals surface area contributed by atoms with Crippen LogP contribution in [-0.4, -0.2) is 54.2 Å². The van der Waals surface area contributed by atoms with Crippen molar-refractivity contribution in [3.05, 3.63) is 35.4 Å². The van der Waals surface area contributed by atoms with Crippen molar-refractivity contribution in [2.24, 2.45) is 0 Å². The van der Waals surface area contributed by atoms with Crippen LogP contribution < -0.4 is 0 Å². The van der Waals surface area contributed by atoms with Crippen LogP contribution in [0, 0.1) is 0 Å². The highest BCUT2D eigenvalue weighted by Crippen LogP contribution is 2.10. The summed E-state index contributed by atoms with van der Waals surface area (Å²) in [4.78, 5) is 27.4. The molecule has 1 heterocycles. The van der Waals surface area contributed by atoms with Gasteiger partial charge in [0.1, 0.15) is 5.78 Å². The Morgan fingerprint density at radius 1 is 1.00 bits per heavy atom. The third kappa shape index (κ3) is 4.95. The number of amides is 1. The molecule has 0 aromatic heterocycles. The van der Waals surface area contributed by atoms with E-state index in [1.54, 1.807) is 6.92 Å². The van der Waals surface area contributed by atoms with Gasteiger partial charge in [-0.1, -0.05) is 31.2 Å². The van der Waals surface area contributed by atoms with Gasteiger partial charge in [-0.3, -0.25) is 14.5 Å². The second kappa shape index (κ2) is 8.08. The van der Waals surface area contributed by atoms with Crippen molar-refractivity contribution in [2.45, 2.75) is 33.1 Å². The molecule has 0 N–H and O–H groups in total. The van der Waals surface area contributed by atoms with E-state index in [2.05, 4.69) is 36.1 Å². The van der Waals surface area contributed by atoms with Gasteiger partial charge in [0.05, 0.1) is 6.54 Å². The molecule has 120 valence electrons. The molecule has 1 aromatic carbocycles. The predicted octanol–water partition coefficient (Wildman–Crippen LogP) is 1.91. The van der Waals surface area contributed by atoms with Crippen molar-refractivity contribution >= 4 is 11.7 Å². The summed E-state index contributed by atoms with van der Waals surface area (Å²) < 4.78 is 0. The van der Waals surface area contributed by atoms with E-state index in [1.807, 2.05) is 4.90 Å². The smallest absolute Gasteiger partial charge is 0.222 e. The summed E-state index contributed by atoms with van der Waals surface area (Å²) in [6.45, 7) is 7.34. The van der Waals surface area contributed by atoms with Crippen LogP contribution in [0.25, 0.3) is 0 Å². The molecular weight excluding hydrogens is 276 g/mol. The molecule has 1 amide bonds. The number of nitrogens with zero attached hydrogens (tertiary/aromatic N) is 2. The second-order valence-corrected chi connectivity index (χ2v) is 6.03. The minimum absolute atomic E-state index is 0.190. The average Bonchev–Trinajstić information content (AvgIpc) is 2.53. The quantitative estimate of drug-likeness (QED) is 0.806. The Bertz CT molecular complexity index is 502. The number of rotatable bonds is 6. The summed E-state index contributed by atoms with van der Waals surface area (Å²) in [6.07, 6.45) is 2.42. The molecule has 0 atom stereocenters. The fourth-order valence-corrected chi connectivity index (χ4v) is 2.82. The van der Waals surface area contributed by atoms with Crippen LogP contribution in [0.4, 0.5) is 0 Å². The number of hydrogen-bond acceptors (Lipinski definition) is 3. The fraction of sp³-hybridized carbons (Fsp3) is 0.556. The zero-order chi connectivity index (χ0) is 15.9. The number of piperazine rings is 1. The Morgan fingerprint density at radius 2 is 1.59 bits per heavy atom. The molecule has 4 heteroatoms. The van der Waals surface area contributed by atoms with Gasteiger partial charge in [0.2, 0.25) is 5.91 Å². The van der Waals surface area contributed by atoms with Gasteiger partial charge in [-0.25, -0.2) is 0 Å². The number of Topliss-reactive ketones (excluding diaryl/α,β-unsaturated/α-hetero) is 1. The lowest BCUT2D eigenvalue weighted by molar-refractivity contribution is -0.133. The first-order valence-electron chi connectivity index (χ1n) is 8.16. The number of aryl methyl sites for hydroxylation is 2. The predicted molar refractivity (Wildman–Crippen MR) is 87.8 cm³/mol. The summed E-state index contributed by atoms with van der Waals surface area (Å²) in [5.41, 5.74) is 2.55. The van der Waals surface area contributed by atoms with Gasteiger partial charge in [0.15, 0.2) is 0 Å². The van der Waals surface area contributed by atoms with E-state index in [0.717, 1.165) is 39.0 Å². The summed E-state index contributed by atoms with van der Waals surface area (Å²) in [7, 11) is 0. The fourth-order valence-electron chi connectivity index (χ4n) is 2.82. The van der Waals surface area contributed by atoms with Crippen molar-refractivity contribution in [3.63, 3.8) is 0 Å². The maximum atomic E-state index is 12.3. The topological polar surface area (TPSA) is 40.6 Å². The molecule has 0 saturated carbocycles. The minimum Gasteiger partial charge on any atom is -0.340 e. The first kappa shape index (κ1) is 16.7. The van der Waals surface area contributed by atoms with Crippen LogP contribution in [0.15, 0.2) is 24.3 Å². The summed E-state index contributed by atoms with van der Waals surface area (Å²) in [5.74, 6) is 0.414. The molecule has 0 bridgehead atoms. The van der Waals surface area contributed by atoms with Crippen LogP contribution in [0.3, 0.4) is 0 Å². The lowest BCUT2D eigenvalue weighted by atomic mass is 10.1. The highest BCUT2D eigenvalue weighted by molar-refractivity contribution is 5.78. The molecule has 1 aliphatic rings. The van der Waals surface area contributed by atoms with Crippen LogP contribution in [0.2, 0.25) is 0 Å². The van der Waals surface area contributed by atoms with Gasteiger partial charge in [0, 0.05) is 32.6 Å². The second-order valence-electron chi connectivity index (χ2n) is 6.03. The number of benzene rings is 1. The Kier molecular flexibility index (Phi) is 6.13. The summed E-state index contributed by atoms with van der Waals surface area (Å²) in [6, 6.07) is 8.52. The van der Waals surface area contributed by atoms with Crippen LogP contribution in [-0.2, 0) is 22.4 Å². The number of ketones is 1. The summed E-state index contributed by atoms with van der Waals surface area (Å²) in [5, 5.41) is 0. The van der Waals surface area contributed by atoms with Gasteiger partial charge in [-0.05, 0) is 30.9 Å². The van der Waals surface area contributed by atoms with Gasteiger partial charge in [0.25, 0.3) is 0 Å². The SMILES string of the molecule is CCc1ccc(CCC(=O)N2CCN(CC(C)=O)CC2)cc1. The van der Waals surface area contributed by atoms with E-state index in [9.17, 15) is 9.59 Å². The van der Waals surface area contributed by atoms with E-state index < -0.39 is 0 Å². The van der Waals surface area contributed by atoms with Crippen molar-refractivity contribution in [1.82, 2.24) is 9.80 Å². The molecule has 22 heavy (non-hydrogen) atoms. The molecule has 0 radical (unpaired) electrons. The Hall–Kier alpha value is -1.68. The molecule has 2 rings (SSSR count). The average molecular weight is 302 g/mol. The molecule has 1 aromatic rings. The minimum atomic E-state index is 0.190. The maximum Gasteiger partial charge on any atom is 0.222 e. The van der Waals surface area contributed by atoms with E-state index in [0.29, 0.717) is 13.0 Å². The molecule has 1 saturated heterocycles. The lowest BCUT2D eigenvalue weighted by Gasteiger charge is -2.34. The third-order valence-corrected chi connectivity index (χ3v) is 4.23. The zero-order valence-corrected chi connectivity index (χ0v) is 13.7. The largest absolute Gasteiger partial charge is 0.340 e. The Balaban J connectivity index is 1.74. The van der Waals surface area contributed by atoms with Crippen LogP contribution in [0.1, 0.15) is 31.4 Å². The number of carbonyl (C=O) groups excluding carboxylic acids is 2. The zero-order valence-electron chi connectivity index (χ0n) is 13.7. The first-order chi connectivity index (χ1) is 10.6. The molecule has 1 aliphatic heterocycles. The van der Waals surface area contributed by atoms with E-state index in [-0.39, 0.29) is 11.7 Å². The van der Waals surface area contributed by atoms with Crippen molar-refractivity contribution in [2.75, 3.05) is 32.7 Å². The van der Waals surface area contributed by atoms with Crippen LogP contribution >= 0.6 is 0 Å². The van der Waals surface area contributed by atoms with Crippen molar-refractivity contribution in [1.29, 1.82) is 0 Å². The van der Waals surface area contributed by atoms with Crippen molar-refractivity contribution in [3.8, 4) is 0 Å². The Labute approximate surface area is 133 Å². The standard InChI is InChI=1S/C18H26N2O2/c1-3-16-4-6-17(7-5-16)8-9-18(22)20-12-10-19(11-13-20)14-15(2)21/h4-7H,3,8-14H2,1-2H3. The highest BCUT2D eigenvalue weighted by Gasteiger charge is 2.21. The molecular formula is C18H26N2O2. The molecule has 0 spiro atoms. The number of hydrogen-bond donors (Lipinski definition) is 0. The Morgan fingerprint density at radius 3 is 2.14 bits per heavy atom. The van der Waals surface area contributed by atoms with Gasteiger partial charge in [-0.15, -0.1) is 0 Å². The lowest BCUT2D eigenvalue weighted by Crippen LogP contribution is -2.49. The molecule has 0 unspecified atom stereocenters. The third-order valence-electron chi connectivity index (χ3n) is 4.23. The highest BCUT2D eigenvalue weighted by atomic mass is 16.2. The molecule has 1 fully saturated rings. The van der Waals surface area contributed by atoms with E-state index in [4.69, 9.17) is 0 Å². The molecule has 4 nitrogen and oxygen atoms in total. The normalized spacial score (nSPS) is 15.8. The van der Waals surface area contributed by atoms with Crippen LogP contribution in [0.5, 0.6) is 0 Å². The van der Waals surface area contributed by atoms with E-state index in [1.165, 1.54) is 11.1 Å². The van der Waals surface area contributed by atoms with E-state index >= 15 is 0 Å². The van der Waals surface area contributed by atoms with Gasteiger partial charge >= 0.3 is 0 Å². The van der Waals surface area contributed by atoms with Gasteiger partial charge < -0.3 is 4.90 Å². The maximum absolute atomic E-state index is 12.3. The monoisotopic (exact) mass is 302 g/mol. The van der Waals surface area contributed by atoms with Gasteiger partial charge in [-0.2, -0.15) is 0 Å².